The molecule has 0 saturated carbocycles. The number of amides is 1. The van der Waals surface area contributed by atoms with Crippen molar-refractivity contribution in [1.82, 2.24) is 9.97 Å². The van der Waals surface area contributed by atoms with E-state index in [9.17, 15) is 18.0 Å². The molecular formula is C25H19F3N4O. The van der Waals surface area contributed by atoms with Gasteiger partial charge in [0.2, 0.25) is 0 Å². The minimum absolute atomic E-state index is 0.171. The monoisotopic (exact) mass is 448 g/mol. The Morgan fingerprint density at radius 2 is 1.79 bits per heavy atom. The number of nitrogens with zero attached hydrogens (tertiary/aromatic N) is 3. The first-order valence-electron chi connectivity index (χ1n) is 10.5. The van der Waals surface area contributed by atoms with Crippen LogP contribution >= 0.6 is 0 Å². The fourth-order valence-corrected chi connectivity index (χ4v) is 3.78. The second kappa shape index (κ2) is 8.20. The maximum Gasteiger partial charge on any atom is 0.416 e. The summed E-state index contributed by atoms with van der Waals surface area (Å²) in [5.41, 5.74) is 1.40. The molecular weight excluding hydrogens is 429 g/mol. The zero-order valence-corrected chi connectivity index (χ0v) is 17.4. The number of para-hydroxylation sites is 1. The molecule has 3 heterocycles. The first-order chi connectivity index (χ1) is 15.9. The van der Waals surface area contributed by atoms with Gasteiger partial charge in [-0.15, -0.1) is 0 Å². The molecule has 1 amide bonds. The maximum atomic E-state index is 13.2. The summed E-state index contributed by atoms with van der Waals surface area (Å²) in [6.07, 6.45) is -1.69. The number of pyridine rings is 2. The van der Waals surface area contributed by atoms with Crippen LogP contribution in [0.25, 0.3) is 22.0 Å². The van der Waals surface area contributed by atoms with Crippen LogP contribution in [0.2, 0.25) is 0 Å². The summed E-state index contributed by atoms with van der Waals surface area (Å²) in [5, 5.41) is 3.57. The molecule has 0 spiro atoms. The van der Waals surface area contributed by atoms with Crippen LogP contribution in [0.5, 0.6) is 0 Å². The molecule has 1 saturated heterocycles. The van der Waals surface area contributed by atoms with Gasteiger partial charge in [0.25, 0.3) is 5.91 Å². The topological polar surface area (TPSA) is 58.1 Å². The lowest BCUT2D eigenvalue weighted by molar-refractivity contribution is -0.137. The quantitative estimate of drug-likeness (QED) is 0.430. The molecule has 2 aromatic heterocycles. The lowest BCUT2D eigenvalue weighted by Gasteiger charge is -2.32. The zero-order chi connectivity index (χ0) is 23.0. The molecule has 2 aromatic carbocycles. The van der Waals surface area contributed by atoms with Crippen molar-refractivity contribution < 1.29 is 18.0 Å². The van der Waals surface area contributed by atoms with E-state index in [0.29, 0.717) is 22.3 Å². The molecule has 0 unspecified atom stereocenters. The van der Waals surface area contributed by atoms with Gasteiger partial charge in [0.1, 0.15) is 11.5 Å². The molecule has 8 heteroatoms. The maximum absolute atomic E-state index is 13.2. The number of rotatable bonds is 4. The van der Waals surface area contributed by atoms with E-state index in [1.807, 2.05) is 12.1 Å². The number of hydrogen-bond donors (Lipinski definition) is 1. The van der Waals surface area contributed by atoms with Crippen molar-refractivity contribution in [2.45, 2.75) is 12.6 Å². The van der Waals surface area contributed by atoms with Gasteiger partial charge >= 0.3 is 6.18 Å². The first-order valence-corrected chi connectivity index (χ1v) is 10.5. The predicted molar refractivity (Wildman–Crippen MR) is 121 cm³/mol. The highest BCUT2D eigenvalue weighted by Gasteiger charge is 2.30. The summed E-state index contributed by atoms with van der Waals surface area (Å²) < 4.78 is 39.6. The van der Waals surface area contributed by atoms with Gasteiger partial charge in [0.05, 0.1) is 11.1 Å². The molecule has 1 aliphatic heterocycles. The summed E-state index contributed by atoms with van der Waals surface area (Å²) in [6, 6.07) is 17.2. The van der Waals surface area contributed by atoms with E-state index >= 15 is 0 Å². The van der Waals surface area contributed by atoms with Crippen molar-refractivity contribution in [1.29, 1.82) is 0 Å². The number of nitrogens with one attached hydrogen (secondary N) is 1. The van der Waals surface area contributed by atoms with Gasteiger partial charge in [-0.2, -0.15) is 13.2 Å². The van der Waals surface area contributed by atoms with E-state index in [4.69, 9.17) is 0 Å². The van der Waals surface area contributed by atoms with Crippen LogP contribution < -0.4 is 10.2 Å². The molecule has 166 valence electrons. The highest BCUT2D eigenvalue weighted by atomic mass is 19.4. The second-order valence-corrected chi connectivity index (χ2v) is 7.85. The van der Waals surface area contributed by atoms with Gasteiger partial charge in [-0.25, -0.2) is 9.97 Å². The SMILES string of the molecule is O=C(Nc1ccnc(N2CCC2)c1)c1ccc2cccc(-c3cccc(C(F)(F)F)c3)c2n1. The Hall–Kier alpha value is -3.94. The Bertz CT molecular complexity index is 1350. The summed E-state index contributed by atoms with van der Waals surface area (Å²) >= 11 is 0. The Balaban J connectivity index is 1.48. The zero-order valence-electron chi connectivity index (χ0n) is 17.4. The van der Waals surface area contributed by atoms with Gasteiger partial charge in [0.15, 0.2) is 0 Å². The standard InChI is InChI=1S/C25H19F3N4O/c26-25(27,28)18-6-1-5-17(14-18)20-7-2-4-16-8-9-21(31-23(16)20)24(33)30-19-10-11-29-22(15-19)32-12-3-13-32/h1-2,4-11,14-15H,3,12-13H2,(H,29,30,33). The lowest BCUT2D eigenvalue weighted by Crippen LogP contribution is -2.37. The van der Waals surface area contributed by atoms with Crippen LogP contribution in [-0.2, 0) is 6.18 Å². The van der Waals surface area contributed by atoms with Crippen molar-refractivity contribution in [3.63, 3.8) is 0 Å². The molecule has 0 atom stereocenters. The fraction of sp³-hybridized carbons (Fsp3) is 0.160. The van der Waals surface area contributed by atoms with Crippen molar-refractivity contribution in [2.24, 2.45) is 0 Å². The number of hydrogen-bond acceptors (Lipinski definition) is 4. The third-order valence-corrected chi connectivity index (χ3v) is 5.64. The number of carbonyl (C=O) groups is 1. The van der Waals surface area contributed by atoms with Crippen molar-refractivity contribution in [3.8, 4) is 11.1 Å². The van der Waals surface area contributed by atoms with E-state index in [0.717, 1.165) is 42.8 Å². The summed E-state index contributed by atoms with van der Waals surface area (Å²) in [7, 11) is 0. The number of fused-ring (bicyclic) bond motifs is 1. The van der Waals surface area contributed by atoms with Crippen LogP contribution in [0.1, 0.15) is 22.5 Å². The van der Waals surface area contributed by atoms with Crippen molar-refractivity contribution in [2.75, 3.05) is 23.3 Å². The van der Waals surface area contributed by atoms with Crippen LogP contribution in [-0.4, -0.2) is 29.0 Å². The van der Waals surface area contributed by atoms with E-state index in [-0.39, 0.29) is 5.69 Å². The molecule has 5 rings (SSSR count). The van der Waals surface area contributed by atoms with Crippen LogP contribution in [0.15, 0.2) is 72.9 Å². The van der Waals surface area contributed by atoms with Gasteiger partial charge in [0, 0.05) is 42.0 Å². The highest BCUT2D eigenvalue weighted by Crippen LogP contribution is 2.34. The summed E-state index contributed by atoms with van der Waals surface area (Å²) in [6.45, 7) is 1.88. The molecule has 5 nitrogen and oxygen atoms in total. The second-order valence-electron chi connectivity index (χ2n) is 7.85. The number of halogens is 3. The molecule has 1 N–H and O–H groups in total. The van der Waals surface area contributed by atoms with E-state index < -0.39 is 17.6 Å². The Kier molecular flexibility index (Phi) is 5.20. The number of alkyl halides is 3. The fourth-order valence-electron chi connectivity index (χ4n) is 3.78. The third-order valence-electron chi connectivity index (χ3n) is 5.64. The minimum Gasteiger partial charge on any atom is -0.356 e. The van der Waals surface area contributed by atoms with Gasteiger partial charge < -0.3 is 10.2 Å². The number of carbonyl (C=O) groups excluding carboxylic acids is 1. The molecule has 0 bridgehead atoms. The Morgan fingerprint density at radius 1 is 0.970 bits per heavy atom. The average Bonchev–Trinajstić information content (AvgIpc) is 2.77. The van der Waals surface area contributed by atoms with E-state index in [1.54, 1.807) is 42.6 Å². The lowest BCUT2D eigenvalue weighted by atomic mass is 9.99. The van der Waals surface area contributed by atoms with E-state index in [1.165, 1.54) is 6.07 Å². The average molecular weight is 448 g/mol. The smallest absolute Gasteiger partial charge is 0.356 e. The van der Waals surface area contributed by atoms with Crippen LogP contribution in [0.4, 0.5) is 24.7 Å². The largest absolute Gasteiger partial charge is 0.416 e. The Morgan fingerprint density at radius 3 is 2.55 bits per heavy atom. The number of anilines is 2. The minimum atomic E-state index is -4.45. The molecule has 0 aliphatic carbocycles. The van der Waals surface area contributed by atoms with Gasteiger partial charge in [-0.1, -0.05) is 36.4 Å². The van der Waals surface area contributed by atoms with Crippen LogP contribution in [0.3, 0.4) is 0 Å². The molecule has 1 fully saturated rings. The Labute approximate surface area is 187 Å². The van der Waals surface area contributed by atoms with Crippen molar-refractivity contribution >= 4 is 28.3 Å². The number of aromatic nitrogens is 2. The summed E-state index contributed by atoms with van der Waals surface area (Å²) in [4.78, 5) is 23.9. The first kappa shape index (κ1) is 20.9. The van der Waals surface area contributed by atoms with Crippen molar-refractivity contribution in [3.05, 3.63) is 84.2 Å². The number of benzene rings is 2. The van der Waals surface area contributed by atoms with E-state index in [2.05, 4.69) is 20.2 Å². The molecule has 0 radical (unpaired) electrons. The molecule has 4 aromatic rings. The molecule has 1 aliphatic rings. The predicted octanol–water partition coefficient (Wildman–Crippen LogP) is 5.78. The van der Waals surface area contributed by atoms with Gasteiger partial charge in [-0.05, 0) is 36.2 Å². The molecule has 33 heavy (non-hydrogen) atoms. The van der Waals surface area contributed by atoms with Gasteiger partial charge in [-0.3, -0.25) is 4.79 Å². The normalized spacial score (nSPS) is 13.6. The highest BCUT2D eigenvalue weighted by molar-refractivity contribution is 6.05. The summed E-state index contributed by atoms with van der Waals surface area (Å²) in [5.74, 6) is 0.397. The van der Waals surface area contributed by atoms with Crippen LogP contribution in [0, 0.1) is 0 Å². The third kappa shape index (κ3) is 4.24.